The van der Waals surface area contributed by atoms with Crippen molar-refractivity contribution in [2.45, 2.75) is 45.3 Å². The van der Waals surface area contributed by atoms with Gasteiger partial charge < -0.3 is 10.2 Å². The molecule has 3 nitrogen and oxygen atoms in total. The van der Waals surface area contributed by atoms with Crippen molar-refractivity contribution in [1.82, 2.24) is 10.2 Å². The van der Waals surface area contributed by atoms with Crippen LogP contribution in [0.15, 0.2) is 0 Å². The van der Waals surface area contributed by atoms with Crippen molar-refractivity contribution in [2.24, 2.45) is 5.92 Å². The fourth-order valence-corrected chi connectivity index (χ4v) is 1.99. The predicted octanol–water partition coefficient (Wildman–Crippen LogP) is 2.18. The van der Waals surface area contributed by atoms with Gasteiger partial charge in [0.2, 0.25) is 5.91 Å². The Labute approximate surface area is 106 Å². The summed E-state index contributed by atoms with van der Waals surface area (Å²) in [5.74, 6) is -1.59. The number of amides is 1. The molecule has 2 atom stereocenters. The van der Waals surface area contributed by atoms with Gasteiger partial charge in [0.15, 0.2) is 0 Å². The molecular formula is C12H21F3N2O. The standard InChI is InChI=1S/C12H21F3N2O/c1-3-9(2)16-7-11(18)17-6-4-5-10(8-17)12(13,14)15/h9-10,16H,3-8H2,1-2H3. The number of rotatable bonds is 4. The van der Waals surface area contributed by atoms with E-state index in [1.807, 2.05) is 13.8 Å². The van der Waals surface area contributed by atoms with Gasteiger partial charge in [0.25, 0.3) is 0 Å². The molecule has 1 N–H and O–H groups in total. The normalized spacial score (nSPS) is 22.9. The summed E-state index contributed by atoms with van der Waals surface area (Å²) in [6.07, 6.45) is -2.74. The fourth-order valence-electron chi connectivity index (χ4n) is 1.99. The number of piperidine rings is 1. The molecule has 0 saturated carbocycles. The van der Waals surface area contributed by atoms with E-state index in [0.29, 0.717) is 13.0 Å². The van der Waals surface area contributed by atoms with Crippen molar-refractivity contribution in [3.63, 3.8) is 0 Å². The van der Waals surface area contributed by atoms with Gasteiger partial charge in [0.05, 0.1) is 12.5 Å². The fraction of sp³-hybridized carbons (Fsp3) is 0.917. The molecule has 0 radical (unpaired) electrons. The maximum atomic E-state index is 12.6. The molecular weight excluding hydrogens is 245 g/mol. The van der Waals surface area contributed by atoms with Gasteiger partial charge in [-0.25, -0.2) is 0 Å². The second-order valence-corrected chi connectivity index (χ2v) is 4.91. The summed E-state index contributed by atoms with van der Waals surface area (Å²) in [6, 6.07) is 0.206. The molecule has 1 aliphatic heterocycles. The quantitative estimate of drug-likeness (QED) is 0.846. The molecule has 1 amide bonds. The molecule has 0 aromatic heterocycles. The first-order valence-corrected chi connectivity index (χ1v) is 6.42. The minimum Gasteiger partial charge on any atom is -0.341 e. The third-order valence-corrected chi connectivity index (χ3v) is 3.45. The number of alkyl halides is 3. The number of hydrogen-bond donors (Lipinski definition) is 1. The molecule has 0 bridgehead atoms. The lowest BCUT2D eigenvalue weighted by Gasteiger charge is -2.34. The highest BCUT2D eigenvalue weighted by atomic mass is 19.4. The Morgan fingerprint density at radius 1 is 1.50 bits per heavy atom. The SMILES string of the molecule is CCC(C)NCC(=O)N1CCCC(C(F)(F)F)C1. The third kappa shape index (κ3) is 4.48. The highest BCUT2D eigenvalue weighted by Crippen LogP contribution is 2.32. The van der Waals surface area contributed by atoms with Gasteiger partial charge >= 0.3 is 6.18 Å². The van der Waals surface area contributed by atoms with Crippen molar-refractivity contribution in [1.29, 1.82) is 0 Å². The van der Waals surface area contributed by atoms with Crippen LogP contribution in [-0.2, 0) is 4.79 Å². The van der Waals surface area contributed by atoms with Crippen LogP contribution in [0.25, 0.3) is 0 Å². The number of hydrogen-bond acceptors (Lipinski definition) is 2. The first-order chi connectivity index (χ1) is 8.34. The molecule has 1 rings (SSSR count). The number of carbonyl (C=O) groups is 1. The van der Waals surface area contributed by atoms with Crippen LogP contribution in [0.5, 0.6) is 0 Å². The van der Waals surface area contributed by atoms with Crippen LogP contribution >= 0.6 is 0 Å². The minimum atomic E-state index is -4.19. The second kappa shape index (κ2) is 6.41. The monoisotopic (exact) mass is 266 g/mol. The number of nitrogens with zero attached hydrogens (tertiary/aromatic N) is 1. The first-order valence-electron chi connectivity index (χ1n) is 6.42. The van der Waals surface area contributed by atoms with Crippen LogP contribution in [-0.4, -0.2) is 42.7 Å². The van der Waals surface area contributed by atoms with E-state index < -0.39 is 12.1 Å². The summed E-state index contributed by atoms with van der Waals surface area (Å²) >= 11 is 0. The van der Waals surface area contributed by atoms with Crippen molar-refractivity contribution in [3.8, 4) is 0 Å². The lowest BCUT2D eigenvalue weighted by molar-refractivity contribution is -0.187. The molecule has 0 aromatic rings. The van der Waals surface area contributed by atoms with Crippen molar-refractivity contribution in [3.05, 3.63) is 0 Å². The number of halogens is 3. The van der Waals surface area contributed by atoms with Gasteiger partial charge in [-0.1, -0.05) is 6.92 Å². The topological polar surface area (TPSA) is 32.3 Å². The van der Waals surface area contributed by atoms with Crippen molar-refractivity contribution < 1.29 is 18.0 Å². The number of likely N-dealkylation sites (tertiary alicyclic amines) is 1. The van der Waals surface area contributed by atoms with E-state index in [1.54, 1.807) is 0 Å². The summed E-state index contributed by atoms with van der Waals surface area (Å²) in [7, 11) is 0. The highest BCUT2D eigenvalue weighted by Gasteiger charge is 2.42. The largest absolute Gasteiger partial charge is 0.393 e. The molecule has 1 saturated heterocycles. The molecule has 1 heterocycles. The van der Waals surface area contributed by atoms with Crippen LogP contribution in [0.4, 0.5) is 13.2 Å². The van der Waals surface area contributed by atoms with E-state index in [0.717, 1.165) is 6.42 Å². The smallest absolute Gasteiger partial charge is 0.341 e. The van der Waals surface area contributed by atoms with Crippen LogP contribution in [0.2, 0.25) is 0 Å². The van der Waals surface area contributed by atoms with Gasteiger partial charge in [-0.05, 0) is 26.2 Å². The average Bonchev–Trinajstić information content (AvgIpc) is 2.34. The van der Waals surface area contributed by atoms with E-state index in [-0.39, 0.29) is 31.5 Å². The molecule has 1 fully saturated rings. The molecule has 0 spiro atoms. The molecule has 18 heavy (non-hydrogen) atoms. The first kappa shape index (κ1) is 15.3. The summed E-state index contributed by atoms with van der Waals surface area (Å²) in [5.41, 5.74) is 0. The lowest BCUT2D eigenvalue weighted by atomic mass is 9.97. The van der Waals surface area contributed by atoms with Gasteiger partial charge in [-0.2, -0.15) is 13.2 Å². The molecule has 6 heteroatoms. The third-order valence-electron chi connectivity index (χ3n) is 3.45. The van der Waals surface area contributed by atoms with Gasteiger partial charge in [0.1, 0.15) is 0 Å². The van der Waals surface area contributed by atoms with E-state index in [2.05, 4.69) is 5.32 Å². The van der Waals surface area contributed by atoms with E-state index in [1.165, 1.54) is 4.90 Å². The second-order valence-electron chi connectivity index (χ2n) is 4.91. The zero-order valence-corrected chi connectivity index (χ0v) is 10.9. The maximum absolute atomic E-state index is 12.6. The Balaban J connectivity index is 2.44. The van der Waals surface area contributed by atoms with Gasteiger partial charge in [-0.3, -0.25) is 4.79 Å². The molecule has 1 aliphatic rings. The van der Waals surface area contributed by atoms with Crippen LogP contribution in [0, 0.1) is 5.92 Å². The number of nitrogens with one attached hydrogen (secondary N) is 1. The molecule has 0 aromatic carbocycles. The Bertz CT molecular complexity index is 281. The average molecular weight is 266 g/mol. The molecule has 0 aliphatic carbocycles. The molecule has 106 valence electrons. The van der Waals surface area contributed by atoms with E-state index in [4.69, 9.17) is 0 Å². The zero-order valence-electron chi connectivity index (χ0n) is 10.9. The van der Waals surface area contributed by atoms with E-state index in [9.17, 15) is 18.0 Å². The van der Waals surface area contributed by atoms with Gasteiger partial charge in [-0.15, -0.1) is 0 Å². The summed E-state index contributed by atoms with van der Waals surface area (Å²) in [4.78, 5) is 13.1. The minimum absolute atomic E-state index is 0.125. The Kier molecular flexibility index (Phi) is 5.44. The Morgan fingerprint density at radius 3 is 2.72 bits per heavy atom. The predicted molar refractivity (Wildman–Crippen MR) is 63.1 cm³/mol. The molecule has 2 unspecified atom stereocenters. The van der Waals surface area contributed by atoms with Crippen LogP contribution < -0.4 is 5.32 Å². The summed E-state index contributed by atoms with van der Waals surface area (Å²) in [6.45, 7) is 4.31. The Morgan fingerprint density at radius 2 is 2.17 bits per heavy atom. The maximum Gasteiger partial charge on any atom is 0.393 e. The summed E-state index contributed by atoms with van der Waals surface area (Å²) in [5, 5.41) is 3.01. The summed E-state index contributed by atoms with van der Waals surface area (Å²) < 4.78 is 37.8. The van der Waals surface area contributed by atoms with E-state index >= 15 is 0 Å². The van der Waals surface area contributed by atoms with Crippen molar-refractivity contribution in [2.75, 3.05) is 19.6 Å². The highest BCUT2D eigenvalue weighted by molar-refractivity contribution is 5.78. The van der Waals surface area contributed by atoms with Gasteiger partial charge in [0, 0.05) is 19.1 Å². The van der Waals surface area contributed by atoms with Crippen LogP contribution in [0.1, 0.15) is 33.1 Å². The van der Waals surface area contributed by atoms with Crippen molar-refractivity contribution >= 4 is 5.91 Å². The lowest BCUT2D eigenvalue weighted by Crippen LogP contribution is -2.48. The Hall–Kier alpha value is -0.780. The van der Waals surface area contributed by atoms with Crippen LogP contribution in [0.3, 0.4) is 0 Å². The zero-order chi connectivity index (χ0) is 13.8. The number of carbonyl (C=O) groups excluding carboxylic acids is 1.